The summed E-state index contributed by atoms with van der Waals surface area (Å²) in [4.78, 5) is 13.1. The van der Waals surface area contributed by atoms with Crippen molar-refractivity contribution in [2.75, 3.05) is 40.0 Å². The molecule has 2 aromatic carbocycles. The molecule has 0 saturated carbocycles. The van der Waals surface area contributed by atoms with Gasteiger partial charge in [-0.25, -0.2) is 5.01 Å². The predicted octanol–water partition coefficient (Wildman–Crippen LogP) is 5.28. The number of ether oxygens (including phenoxy) is 4. The molecule has 2 N–H and O–H groups in total. The van der Waals surface area contributed by atoms with Gasteiger partial charge in [-0.1, -0.05) is 27.2 Å². The molecule has 8 heteroatoms. The number of amides is 1. The zero-order chi connectivity index (χ0) is 27.0. The Kier molecular flexibility index (Phi) is 13.5. The molecule has 0 spiro atoms. The van der Waals surface area contributed by atoms with Gasteiger partial charge in [0, 0.05) is 24.2 Å². The average Bonchev–Trinajstić information content (AvgIpc) is 2.94. The summed E-state index contributed by atoms with van der Waals surface area (Å²) in [6, 6.07) is 12.9. The first kappa shape index (κ1) is 30.1. The lowest BCUT2D eigenvalue weighted by Gasteiger charge is -2.24. The van der Waals surface area contributed by atoms with Crippen molar-refractivity contribution < 1.29 is 23.7 Å². The Labute approximate surface area is 221 Å². The number of hydrogen-bond acceptors (Lipinski definition) is 7. The minimum absolute atomic E-state index is 0.0842. The van der Waals surface area contributed by atoms with Gasteiger partial charge < -0.3 is 24.7 Å². The Balaban J connectivity index is 0.00000235. The van der Waals surface area contributed by atoms with Crippen molar-refractivity contribution in [2.24, 2.45) is 10.8 Å². The number of carbonyl (C=O) groups excluding carboxylic acids is 1. The second-order valence-corrected chi connectivity index (χ2v) is 8.44. The highest BCUT2D eigenvalue weighted by atomic mass is 16.5. The van der Waals surface area contributed by atoms with Gasteiger partial charge in [-0.05, 0) is 68.7 Å². The number of methoxy groups -OCH3 is 1. The van der Waals surface area contributed by atoms with Gasteiger partial charge in [0.1, 0.15) is 12.4 Å². The summed E-state index contributed by atoms with van der Waals surface area (Å²) in [6.45, 7) is 10.7. The molecule has 37 heavy (non-hydrogen) atoms. The van der Waals surface area contributed by atoms with E-state index in [1.54, 1.807) is 36.4 Å². The van der Waals surface area contributed by atoms with Crippen LogP contribution in [0.5, 0.6) is 17.2 Å². The van der Waals surface area contributed by atoms with Gasteiger partial charge >= 0.3 is 0 Å². The Morgan fingerprint density at radius 2 is 1.84 bits per heavy atom. The molecule has 1 heterocycles. The Bertz CT molecular complexity index is 978. The molecule has 0 fully saturated rings. The molecule has 0 radical (unpaired) electrons. The number of nitrogens with two attached hydrogens (primary N) is 1. The minimum Gasteiger partial charge on any atom is -0.493 e. The first-order chi connectivity index (χ1) is 18.0. The van der Waals surface area contributed by atoms with Crippen LogP contribution >= 0.6 is 0 Å². The summed E-state index contributed by atoms with van der Waals surface area (Å²) in [6.07, 6.45) is 3.72. The zero-order valence-electron chi connectivity index (χ0n) is 23.0. The van der Waals surface area contributed by atoms with Gasteiger partial charge in [-0.3, -0.25) is 4.79 Å². The first-order valence-corrected chi connectivity index (χ1v) is 13.3. The van der Waals surface area contributed by atoms with Crippen molar-refractivity contribution in [1.29, 1.82) is 0 Å². The third-order valence-corrected chi connectivity index (χ3v) is 5.64. The highest BCUT2D eigenvalue weighted by Gasteiger charge is 2.22. The Hall–Kier alpha value is -3.10. The molecule has 8 nitrogen and oxygen atoms in total. The van der Waals surface area contributed by atoms with E-state index in [0.29, 0.717) is 55.7 Å². The van der Waals surface area contributed by atoms with E-state index in [2.05, 4.69) is 18.9 Å². The van der Waals surface area contributed by atoms with Crippen LogP contribution in [0.15, 0.2) is 47.6 Å². The fraction of sp³-hybridized carbons (Fsp3) is 0.517. The number of carbonyl (C=O) groups is 1. The monoisotopic (exact) mass is 513 g/mol. The summed E-state index contributed by atoms with van der Waals surface area (Å²) in [5, 5.41) is 6.23. The molecular formula is C29H43N3O5. The van der Waals surface area contributed by atoms with Gasteiger partial charge in [0.2, 0.25) is 0 Å². The second-order valence-electron chi connectivity index (χ2n) is 8.44. The van der Waals surface area contributed by atoms with Crippen molar-refractivity contribution >= 4 is 11.6 Å². The summed E-state index contributed by atoms with van der Waals surface area (Å²) in [7, 11) is 1.64. The van der Waals surface area contributed by atoms with Crippen LogP contribution in [0.4, 0.5) is 0 Å². The molecule has 0 bridgehead atoms. The quantitative estimate of drug-likeness (QED) is 0.366. The highest BCUT2D eigenvalue weighted by Crippen LogP contribution is 2.31. The molecule has 3 rings (SSSR count). The maximum absolute atomic E-state index is 13.1. The fourth-order valence-electron chi connectivity index (χ4n) is 3.87. The Morgan fingerprint density at radius 1 is 1.08 bits per heavy atom. The van der Waals surface area contributed by atoms with E-state index in [-0.39, 0.29) is 12.0 Å². The van der Waals surface area contributed by atoms with Crippen molar-refractivity contribution in [3.05, 3.63) is 53.6 Å². The summed E-state index contributed by atoms with van der Waals surface area (Å²) >= 11 is 0. The van der Waals surface area contributed by atoms with E-state index in [9.17, 15) is 4.79 Å². The van der Waals surface area contributed by atoms with E-state index in [1.807, 2.05) is 32.0 Å². The summed E-state index contributed by atoms with van der Waals surface area (Å²) in [5.41, 5.74) is 7.75. The van der Waals surface area contributed by atoms with E-state index < -0.39 is 0 Å². The van der Waals surface area contributed by atoms with E-state index >= 15 is 0 Å². The van der Waals surface area contributed by atoms with Crippen LogP contribution in [0.2, 0.25) is 0 Å². The third-order valence-electron chi connectivity index (χ3n) is 5.64. The maximum Gasteiger partial charge on any atom is 0.273 e. The van der Waals surface area contributed by atoms with Gasteiger partial charge in [-0.2, -0.15) is 5.10 Å². The molecule has 1 amide bonds. The van der Waals surface area contributed by atoms with Crippen LogP contribution in [0.3, 0.4) is 0 Å². The van der Waals surface area contributed by atoms with Gasteiger partial charge in [-0.15, -0.1) is 0 Å². The van der Waals surface area contributed by atoms with Crippen LogP contribution in [-0.4, -0.2) is 62.8 Å². The van der Waals surface area contributed by atoms with Crippen LogP contribution in [0.25, 0.3) is 0 Å². The van der Waals surface area contributed by atoms with Gasteiger partial charge in [0.15, 0.2) is 11.5 Å². The van der Waals surface area contributed by atoms with Crippen LogP contribution in [0.1, 0.15) is 69.3 Å². The summed E-state index contributed by atoms with van der Waals surface area (Å²) in [5.74, 6) is 1.93. The first-order valence-electron chi connectivity index (χ1n) is 13.3. The lowest BCUT2D eigenvalue weighted by atomic mass is 10.0. The third kappa shape index (κ3) is 9.37. The van der Waals surface area contributed by atoms with Crippen LogP contribution in [-0.2, 0) is 4.74 Å². The number of rotatable bonds is 13. The van der Waals surface area contributed by atoms with E-state index in [4.69, 9.17) is 24.7 Å². The van der Waals surface area contributed by atoms with Gasteiger partial charge in [0.25, 0.3) is 5.91 Å². The van der Waals surface area contributed by atoms with E-state index in [0.717, 1.165) is 37.0 Å². The van der Waals surface area contributed by atoms with Crippen molar-refractivity contribution in [1.82, 2.24) is 5.01 Å². The molecule has 1 aliphatic rings. The number of hydrogen-bond donors (Lipinski definition) is 1. The molecule has 0 aliphatic carbocycles. The minimum atomic E-state index is -0.137. The highest BCUT2D eigenvalue weighted by molar-refractivity contribution is 6.03. The van der Waals surface area contributed by atoms with Gasteiger partial charge in [0.05, 0.1) is 32.1 Å². The molecule has 204 valence electrons. The maximum atomic E-state index is 13.1. The summed E-state index contributed by atoms with van der Waals surface area (Å²) < 4.78 is 22.5. The lowest BCUT2D eigenvalue weighted by Crippen LogP contribution is -2.32. The SMILES string of the molecule is CC.CCCC(C)Oc1cc(C2=NN(C(=O)c3ccc(OCCOCCN)cc3)CCC2)ccc1OC. The molecule has 0 aromatic heterocycles. The van der Waals surface area contributed by atoms with Crippen LogP contribution < -0.4 is 19.9 Å². The molecular weight excluding hydrogens is 470 g/mol. The smallest absolute Gasteiger partial charge is 0.273 e. The van der Waals surface area contributed by atoms with Crippen molar-refractivity contribution in [2.45, 2.75) is 59.5 Å². The fourth-order valence-corrected chi connectivity index (χ4v) is 3.87. The molecule has 0 saturated heterocycles. The topological polar surface area (TPSA) is 95.6 Å². The Morgan fingerprint density at radius 3 is 2.51 bits per heavy atom. The molecule has 1 atom stereocenters. The zero-order valence-corrected chi connectivity index (χ0v) is 23.0. The largest absolute Gasteiger partial charge is 0.493 e. The van der Waals surface area contributed by atoms with Crippen molar-refractivity contribution in [3.63, 3.8) is 0 Å². The number of nitrogens with zero attached hydrogens (tertiary/aromatic N) is 2. The number of hydrazone groups is 1. The lowest BCUT2D eigenvalue weighted by molar-refractivity contribution is 0.0751. The molecule has 2 aromatic rings. The number of benzene rings is 2. The molecule has 1 unspecified atom stereocenters. The normalized spacial score (nSPS) is 13.7. The predicted molar refractivity (Wildman–Crippen MR) is 148 cm³/mol. The average molecular weight is 514 g/mol. The van der Waals surface area contributed by atoms with Crippen molar-refractivity contribution in [3.8, 4) is 17.2 Å². The van der Waals surface area contributed by atoms with Crippen LogP contribution in [0, 0.1) is 0 Å². The standard InChI is InChI=1S/C27H37N3O5.C2H6/c1-4-6-20(2)35-26-19-22(10-13-25(26)32-3)24-7-5-15-30(29-24)27(31)21-8-11-23(12-9-21)34-18-17-33-16-14-28;1-2/h8-13,19-20H,4-7,14-18,28H2,1-3H3;1-2H3. The van der Waals surface area contributed by atoms with E-state index in [1.165, 1.54) is 0 Å². The second kappa shape index (κ2) is 16.6. The molecule has 1 aliphatic heterocycles.